The highest BCUT2D eigenvalue weighted by molar-refractivity contribution is 7.89. The average Bonchev–Trinajstić information content (AvgIpc) is 3.28. The van der Waals surface area contributed by atoms with E-state index in [9.17, 15) is 23.3 Å². The van der Waals surface area contributed by atoms with Gasteiger partial charge in [-0.1, -0.05) is 12.1 Å². The molecule has 0 unspecified atom stereocenters. The Bertz CT molecular complexity index is 1050. The largest absolute Gasteiger partial charge is 0.494 e. The highest BCUT2D eigenvalue weighted by atomic mass is 32.2. The first kappa shape index (κ1) is 21.7. The van der Waals surface area contributed by atoms with Gasteiger partial charge in [-0.2, -0.15) is 4.31 Å². The van der Waals surface area contributed by atoms with Crippen LogP contribution in [0.1, 0.15) is 30.1 Å². The summed E-state index contributed by atoms with van der Waals surface area (Å²) in [5.74, 6) is -0.0162. The van der Waals surface area contributed by atoms with E-state index in [0.717, 1.165) is 12.8 Å². The minimum atomic E-state index is -3.63. The molecule has 30 heavy (non-hydrogen) atoms. The number of ketones is 1. The van der Waals surface area contributed by atoms with Crippen molar-refractivity contribution in [2.45, 2.75) is 24.7 Å². The first-order valence-corrected chi connectivity index (χ1v) is 11.1. The molecule has 3 rings (SSSR count). The summed E-state index contributed by atoms with van der Waals surface area (Å²) in [6.07, 6.45) is 1.64. The van der Waals surface area contributed by atoms with E-state index in [0.29, 0.717) is 25.4 Å². The highest BCUT2D eigenvalue weighted by Crippen LogP contribution is 2.29. The Kier molecular flexibility index (Phi) is 6.68. The summed E-state index contributed by atoms with van der Waals surface area (Å²) < 4.78 is 32.1. The first-order chi connectivity index (χ1) is 14.3. The Hall–Kier alpha value is -2.98. The van der Waals surface area contributed by atoms with Crippen molar-refractivity contribution in [1.29, 1.82) is 0 Å². The number of ether oxygens (including phenoxy) is 1. The lowest BCUT2D eigenvalue weighted by Gasteiger charge is -2.16. The monoisotopic (exact) mass is 433 g/mol. The Morgan fingerprint density at radius 1 is 1.20 bits per heavy atom. The number of rotatable bonds is 9. The molecule has 0 aliphatic carbocycles. The van der Waals surface area contributed by atoms with Gasteiger partial charge in [-0.15, -0.1) is 0 Å². The van der Waals surface area contributed by atoms with Crippen LogP contribution in [-0.4, -0.2) is 49.7 Å². The van der Waals surface area contributed by atoms with E-state index >= 15 is 0 Å². The van der Waals surface area contributed by atoms with Crippen LogP contribution >= 0.6 is 0 Å². The summed E-state index contributed by atoms with van der Waals surface area (Å²) in [4.78, 5) is 23.4. The van der Waals surface area contributed by atoms with Gasteiger partial charge in [0.05, 0.1) is 29.0 Å². The van der Waals surface area contributed by atoms with Gasteiger partial charge in [0.15, 0.2) is 5.78 Å². The lowest BCUT2D eigenvalue weighted by atomic mass is 10.1. The molecule has 0 radical (unpaired) electrons. The molecule has 0 spiro atoms. The topological polar surface area (TPSA) is 119 Å². The molecule has 1 fully saturated rings. The second-order valence-electron chi connectivity index (χ2n) is 6.78. The SMILES string of the molecule is CCOc1ccc(NCC(=O)c2cccc(S(=O)(=O)N3CCCC3)c2)c([N+](=O)[O-])c1. The van der Waals surface area contributed by atoms with Crippen LogP contribution in [0.4, 0.5) is 11.4 Å². The zero-order valence-electron chi connectivity index (χ0n) is 16.5. The molecule has 1 aliphatic heterocycles. The molecule has 1 N–H and O–H groups in total. The number of Topliss-reactive ketones (excluding diaryl/α,β-unsaturated/α-hetero) is 1. The highest BCUT2D eigenvalue weighted by Gasteiger charge is 2.27. The Balaban J connectivity index is 1.75. The van der Waals surface area contributed by atoms with Crippen molar-refractivity contribution < 1.29 is 22.9 Å². The van der Waals surface area contributed by atoms with Crippen LogP contribution in [0.5, 0.6) is 5.75 Å². The van der Waals surface area contributed by atoms with Crippen molar-refractivity contribution in [3.8, 4) is 5.75 Å². The van der Waals surface area contributed by atoms with Gasteiger partial charge < -0.3 is 10.1 Å². The molecular weight excluding hydrogens is 410 g/mol. The maximum atomic E-state index is 12.7. The molecule has 1 heterocycles. The van der Waals surface area contributed by atoms with E-state index < -0.39 is 14.9 Å². The second kappa shape index (κ2) is 9.23. The van der Waals surface area contributed by atoms with Gasteiger partial charge in [0, 0.05) is 18.7 Å². The van der Waals surface area contributed by atoms with Gasteiger partial charge in [-0.3, -0.25) is 14.9 Å². The number of hydrogen-bond acceptors (Lipinski definition) is 7. The fraction of sp³-hybridized carbons (Fsp3) is 0.350. The van der Waals surface area contributed by atoms with Gasteiger partial charge in [0.25, 0.3) is 5.69 Å². The number of sulfonamides is 1. The fourth-order valence-corrected chi connectivity index (χ4v) is 4.82. The molecule has 1 aliphatic rings. The summed E-state index contributed by atoms with van der Waals surface area (Å²) in [6, 6.07) is 10.2. The number of nitrogens with zero attached hydrogens (tertiary/aromatic N) is 2. The van der Waals surface area contributed by atoms with Gasteiger partial charge in [0.2, 0.25) is 10.0 Å². The number of nitro groups is 1. The average molecular weight is 433 g/mol. The molecule has 2 aromatic carbocycles. The van der Waals surface area contributed by atoms with Gasteiger partial charge in [-0.25, -0.2) is 8.42 Å². The van der Waals surface area contributed by atoms with Crippen LogP contribution in [0.25, 0.3) is 0 Å². The molecule has 0 saturated carbocycles. The first-order valence-electron chi connectivity index (χ1n) is 9.61. The van der Waals surface area contributed by atoms with E-state index in [2.05, 4.69) is 5.32 Å². The predicted molar refractivity (Wildman–Crippen MR) is 112 cm³/mol. The fourth-order valence-electron chi connectivity index (χ4n) is 3.25. The number of hydrogen-bond donors (Lipinski definition) is 1. The number of nitro benzene ring substituents is 1. The van der Waals surface area contributed by atoms with Crippen molar-refractivity contribution in [3.05, 3.63) is 58.1 Å². The molecule has 0 amide bonds. The number of carbonyl (C=O) groups is 1. The summed E-state index contributed by atoms with van der Waals surface area (Å²) in [5, 5.41) is 14.1. The van der Waals surface area contributed by atoms with Gasteiger partial charge in [-0.05, 0) is 44.0 Å². The molecular formula is C20H23N3O6S. The normalized spacial score (nSPS) is 14.4. The van der Waals surface area contributed by atoms with Crippen LogP contribution in [-0.2, 0) is 10.0 Å². The van der Waals surface area contributed by atoms with E-state index in [-0.39, 0.29) is 34.2 Å². The number of anilines is 1. The van der Waals surface area contributed by atoms with Crippen molar-refractivity contribution in [3.63, 3.8) is 0 Å². The maximum absolute atomic E-state index is 12.7. The van der Waals surface area contributed by atoms with Crippen molar-refractivity contribution in [2.24, 2.45) is 0 Å². The zero-order valence-corrected chi connectivity index (χ0v) is 17.4. The van der Waals surface area contributed by atoms with E-state index in [1.165, 1.54) is 40.7 Å². The van der Waals surface area contributed by atoms with E-state index in [1.54, 1.807) is 13.0 Å². The molecule has 0 atom stereocenters. The van der Waals surface area contributed by atoms with Crippen LogP contribution in [0.15, 0.2) is 47.4 Å². The standard InChI is InChI=1S/C20H23N3O6S/c1-2-29-16-8-9-18(19(13-16)23(25)26)21-14-20(24)15-6-5-7-17(12-15)30(27,28)22-10-3-4-11-22/h5-9,12-13,21H,2-4,10-11,14H2,1H3. The molecule has 0 bridgehead atoms. The quantitative estimate of drug-likeness (QED) is 0.367. The molecule has 0 aromatic heterocycles. The third kappa shape index (κ3) is 4.77. The lowest BCUT2D eigenvalue weighted by Crippen LogP contribution is -2.28. The number of carbonyl (C=O) groups excluding carboxylic acids is 1. The Morgan fingerprint density at radius 3 is 2.60 bits per heavy atom. The number of benzene rings is 2. The third-order valence-corrected chi connectivity index (χ3v) is 6.67. The minimum absolute atomic E-state index is 0.0716. The number of nitrogens with one attached hydrogen (secondary N) is 1. The molecule has 10 heteroatoms. The maximum Gasteiger partial charge on any atom is 0.296 e. The lowest BCUT2D eigenvalue weighted by molar-refractivity contribution is -0.384. The molecule has 2 aromatic rings. The van der Waals surface area contributed by atoms with Crippen LogP contribution in [0.2, 0.25) is 0 Å². The van der Waals surface area contributed by atoms with Crippen LogP contribution in [0, 0.1) is 10.1 Å². The van der Waals surface area contributed by atoms with Crippen LogP contribution < -0.4 is 10.1 Å². The van der Waals surface area contributed by atoms with Gasteiger partial charge in [0.1, 0.15) is 11.4 Å². The third-order valence-electron chi connectivity index (χ3n) is 4.78. The van der Waals surface area contributed by atoms with E-state index in [4.69, 9.17) is 4.74 Å². The Labute approximate surface area is 174 Å². The van der Waals surface area contributed by atoms with E-state index in [1.807, 2.05) is 0 Å². The van der Waals surface area contributed by atoms with Crippen LogP contribution in [0.3, 0.4) is 0 Å². The van der Waals surface area contributed by atoms with Crippen molar-refractivity contribution in [2.75, 3.05) is 31.6 Å². The summed E-state index contributed by atoms with van der Waals surface area (Å²) in [6.45, 7) is 2.88. The molecule has 160 valence electrons. The minimum Gasteiger partial charge on any atom is -0.494 e. The zero-order chi connectivity index (χ0) is 21.7. The van der Waals surface area contributed by atoms with Crippen molar-refractivity contribution in [1.82, 2.24) is 4.31 Å². The molecule has 1 saturated heterocycles. The summed E-state index contributed by atoms with van der Waals surface area (Å²) in [7, 11) is -3.63. The van der Waals surface area contributed by atoms with Gasteiger partial charge >= 0.3 is 0 Å². The second-order valence-corrected chi connectivity index (χ2v) is 8.72. The Morgan fingerprint density at radius 2 is 1.93 bits per heavy atom. The molecule has 9 nitrogen and oxygen atoms in total. The summed E-state index contributed by atoms with van der Waals surface area (Å²) in [5.41, 5.74) is 0.188. The summed E-state index contributed by atoms with van der Waals surface area (Å²) >= 11 is 0. The van der Waals surface area contributed by atoms with Crippen molar-refractivity contribution >= 4 is 27.2 Å². The predicted octanol–water partition coefficient (Wildman–Crippen LogP) is 3.07. The smallest absolute Gasteiger partial charge is 0.296 e.